The van der Waals surface area contributed by atoms with Crippen molar-refractivity contribution in [1.82, 2.24) is 0 Å². The number of hydrogen-bond acceptors (Lipinski definition) is 1. The van der Waals surface area contributed by atoms with Gasteiger partial charge in [-0.05, 0) is 0 Å². The summed E-state index contributed by atoms with van der Waals surface area (Å²) in [5, 5.41) is 7.86. The van der Waals surface area contributed by atoms with Gasteiger partial charge >= 0.3 is 37.4 Å². The SMILES string of the molecule is OC[CH2][Au].[Ag]. The second-order valence-electron chi connectivity index (χ2n) is 0.374. The van der Waals surface area contributed by atoms with Crippen molar-refractivity contribution in [2.45, 2.75) is 4.64 Å². The molecule has 0 atom stereocenters. The van der Waals surface area contributed by atoms with E-state index in [1.165, 1.54) is 0 Å². The number of aliphatic hydroxyl groups excluding tert-OH is 1. The Morgan fingerprint density at radius 3 is 1.80 bits per heavy atom. The first kappa shape index (κ1) is 9.67. The van der Waals surface area contributed by atoms with Crippen LogP contribution in [0.5, 0.6) is 0 Å². The molecular weight excluding hydrogens is 345 g/mol. The van der Waals surface area contributed by atoms with Crippen LogP contribution in [0.1, 0.15) is 0 Å². The largest absolute Gasteiger partial charge is 0 e. The first-order valence-corrected chi connectivity index (χ1v) is 2.56. The predicted octanol–water partition coefficient (Wildman–Crippen LogP) is -0.0587. The van der Waals surface area contributed by atoms with Crippen LogP contribution in [0.4, 0.5) is 0 Å². The third kappa shape index (κ3) is 10.8. The zero-order valence-electron chi connectivity index (χ0n) is 2.46. The average molecular weight is 350 g/mol. The zero-order chi connectivity index (χ0) is 3.41. The molecule has 0 fully saturated rings. The Labute approximate surface area is 59.6 Å². The Hall–Kier alpha value is 1.44. The molecule has 5 heavy (non-hydrogen) atoms. The van der Waals surface area contributed by atoms with Crippen LogP contribution in [-0.2, 0) is 43.4 Å². The van der Waals surface area contributed by atoms with Crippen molar-refractivity contribution < 1.29 is 48.6 Å². The van der Waals surface area contributed by atoms with Gasteiger partial charge in [-0.2, -0.15) is 0 Å². The summed E-state index contributed by atoms with van der Waals surface area (Å²) in [6.07, 6.45) is 0. The third-order valence-corrected chi connectivity index (χ3v) is 0.552. The van der Waals surface area contributed by atoms with Crippen LogP contribution < -0.4 is 0 Å². The molecule has 0 aromatic carbocycles. The minimum absolute atomic E-state index is 0. The van der Waals surface area contributed by atoms with Crippen LogP contribution in [0, 0.1) is 0 Å². The van der Waals surface area contributed by atoms with Gasteiger partial charge in [0.05, 0.1) is 0 Å². The summed E-state index contributed by atoms with van der Waals surface area (Å²) < 4.78 is 0.819. The molecule has 0 unspecified atom stereocenters. The number of hydrogen-bond donors (Lipinski definition) is 1. The maximum Gasteiger partial charge on any atom is 0 e. The molecule has 0 aliphatic heterocycles. The normalized spacial score (nSPS) is 6.20. The monoisotopic (exact) mass is 349 g/mol. The van der Waals surface area contributed by atoms with E-state index >= 15 is 0 Å². The van der Waals surface area contributed by atoms with E-state index < -0.39 is 0 Å². The van der Waals surface area contributed by atoms with Crippen molar-refractivity contribution in [3.63, 3.8) is 0 Å². The van der Waals surface area contributed by atoms with E-state index in [1.54, 1.807) is 0 Å². The molecular formula is C2H5AgAuO. The van der Waals surface area contributed by atoms with Gasteiger partial charge in [-0.1, -0.05) is 0 Å². The molecule has 3 heteroatoms. The van der Waals surface area contributed by atoms with Crippen molar-refractivity contribution in [3.8, 4) is 0 Å². The predicted molar refractivity (Wildman–Crippen MR) is 11.9 cm³/mol. The fraction of sp³-hybridized carbons (Fsp3) is 1.00. The molecule has 0 saturated carbocycles. The summed E-state index contributed by atoms with van der Waals surface area (Å²) in [6, 6.07) is 0. The van der Waals surface area contributed by atoms with E-state index in [2.05, 4.69) is 21.1 Å². The average Bonchev–Trinajstić information content (AvgIpc) is 1.37. The van der Waals surface area contributed by atoms with E-state index in [9.17, 15) is 0 Å². The molecule has 0 heterocycles. The van der Waals surface area contributed by atoms with Crippen LogP contribution >= 0.6 is 0 Å². The van der Waals surface area contributed by atoms with Gasteiger partial charge < -0.3 is 0 Å². The van der Waals surface area contributed by atoms with Gasteiger partial charge in [0.2, 0.25) is 0 Å². The molecule has 0 aromatic rings. The molecule has 0 rings (SSSR count). The summed E-state index contributed by atoms with van der Waals surface area (Å²) >= 11 is 2.25. The van der Waals surface area contributed by atoms with E-state index in [1.807, 2.05) is 0 Å². The number of aliphatic hydroxyl groups is 1. The molecule has 1 nitrogen and oxygen atoms in total. The zero-order valence-corrected chi connectivity index (χ0v) is 6.11. The van der Waals surface area contributed by atoms with Gasteiger partial charge in [-0.3, -0.25) is 0 Å². The first-order valence-electron chi connectivity index (χ1n) is 1.03. The summed E-state index contributed by atoms with van der Waals surface area (Å²) in [5.41, 5.74) is 0. The third-order valence-electron chi connectivity index (χ3n) is 0.0674. The van der Waals surface area contributed by atoms with Crippen LogP contribution in [0.15, 0.2) is 0 Å². The molecule has 0 aromatic heterocycles. The maximum atomic E-state index is 7.86. The van der Waals surface area contributed by atoms with Gasteiger partial charge in [0.25, 0.3) is 0 Å². The fourth-order valence-corrected chi connectivity index (χ4v) is 0. The van der Waals surface area contributed by atoms with Crippen LogP contribution in [0.3, 0.4) is 0 Å². The van der Waals surface area contributed by atoms with Crippen molar-refractivity contribution in [1.29, 1.82) is 0 Å². The van der Waals surface area contributed by atoms with Crippen LogP contribution in [-0.4, -0.2) is 11.7 Å². The quantitative estimate of drug-likeness (QED) is 0.658. The number of rotatable bonds is 1. The van der Waals surface area contributed by atoms with Crippen molar-refractivity contribution in [2.24, 2.45) is 0 Å². The smallest absolute Gasteiger partial charge is 0 e. The summed E-state index contributed by atoms with van der Waals surface area (Å²) in [7, 11) is 0. The molecule has 0 spiro atoms. The van der Waals surface area contributed by atoms with Crippen LogP contribution in [0.2, 0.25) is 4.64 Å². The molecule has 41 valence electrons. The van der Waals surface area contributed by atoms with Gasteiger partial charge in [0.15, 0.2) is 0 Å². The summed E-state index contributed by atoms with van der Waals surface area (Å²) in [6.45, 7) is 0.295. The second-order valence-corrected chi connectivity index (χ2v) is 1.46. The summed E-state index contributed by atoms with van der Waals surface area (Å²) in [4.78, 5) is 0. The first-order chi connectivity index (χ1) is 1.91. The van der Waals surface area contributed by atoms with Crippen molar-refractivity contribution >= 4 is 0 Å². The van der Waals surface area contributed by atoms with Crippen molar-refractivity contribution in [2.75, 3.05) is 6.61 Å². The standard InChI is InChI=1S/C2H5O.Ag.Au/c1-2-3;;/h3H,1-2H2;;. The molecule has 0 saturated heterocycles. The minimum Gasteiger partial charge on any atom is 0 e. The Morgan fingerprint density at radius 2 is 1.80 bits per heavy atom. The van der Waals surface area contributed by atoms with Gasteiger partial charge in [-0.25, -0.2) is 0 Å². The fourth-order valence-electron chi connectivity index (χ4n) is 0. The molecule has 1 radical (unpaired) electrons. The summed E-state index contributed by atoms with van der Waals surface area (Å²) in [5.74, 6) is 0. The molecule has 0 aliphatic carbocycles. The van der Waals surface area contributed by atoms with E-state index in [0.717, 1.165) is 4.64 Å². The Bertz CT molecular complexity index is 11.6. The van der Waals surface area contributed by atoms with E-state index in [0.29, 0.717) is 6.61 Å². The van der Waals surface area contributed by atoms with Gasteiger partial charge in [0.1, 0.15) is 0 Å². The van der Waals surface area contributed by atoms with Crippen molar-refractivity contribution in [3.05, 3.63) is 0 Å². The maximum absolute atomic E-state index is 7.86. The Balaban J connectivity index is 0. The molecule has 1 N–H and O–H groups in total. The Kier molecular flexibility index (Phi) is 17.5. The molecule has 0 aliphatic rings. The molecule has 0 bridgehead atoms. The minimum atomic E-state index is 0. The Morgan fingerprint density at radius 1 is 1.60 bits per heavy atom. The van der Waals surface area contributed by atoms with E-state index in [4.69, 9.17) is 5.11 Å². The topological polar surface area (TPSA) is 20.2 Å². The second kappa shape index (κ2) is 9.06. The van der Waals surface area contributed by atoms with Gasteiger partial charge in [-0.15, -0.1) is 0 Å². The van der Waals surface area contributed by atoms with E-state index in [-0.39, 0.29) is 22.4 Å². The van der Waals surface area contributed by atoms with Gasteiger partial charge in [0, 0.05) is 22.4 Å². The molecule has 0 amide bonds. The van der Waals surface area contributed by atoms with Crippen LogP contribution in [0.25, 0.3) is 0 Å².